The molecule has 2 aromatic carbocycles. The molecule has 7 heteroatoms. The third-order valence-electron chi connectivity index (χ3n) is 4.31. The molecule has 0 amide bonds. The van der Waals surface area contributed by atoms with Crippen molar-refractivity contribution in [2.75, 3.05) is 0 Å². The van der Waals surface area contributed by atoms with Crippen LogP contribution < -0.4 is 0 Å². The summed E-state index contributed by atoms with van der Waals surface area (Å²) in [6, 6.07) is 16.0. The fraction of sp³-hybridized carbons (Fsp3) is 0.182. The molecule has 0 unspecified atom stereocenters. The van der Waals surface area contributed by atoms with Crippen molar-refractivity contribution in [3.8, 4) is 22.6 Å². The minimum Gasteiger partial charge on any atom is -0.481 e. The maximum absolute atomic E-state index is 12.1. The Balaban J connectivity index is 1.91. The summed E-state index contributed by atoms with van der Waals surface area (Å²) < 4.78 is 5.84. The Labute approximate surface area is 166 Å². The third kappa shape index (κ3) is 5.16. The lowest BCUT2D eigenvalue weighted by atomic mass is 10.0. The van der Waals surface area contributed by atoms with Crippen molar-refractivity contribution in [3.05, 3.63) is 66.1 Å². The molecule has 29 heavy (non-hydrogen) atoms. The topological polar surface area (TPSA) is 118 Å². The largest absolute Gasteiger partial charge is 0.481 e. The van der Waals surface area contributed by atoms with Crippen molar-refractivity contribution in [1.82, 2.24) is 4.98 Å². The van der Waals surface area contributed by atoms with Gasteiger partial charge in [-0.05, 0) is 0 Å². The van der Waals surface area contributed by atoms with E-state index in [0.29, 0.717) is 28.5 Å². The number of aliphatic carboxylic acids is 2. The summed E-state index contributed by atoms with van der Waals surface area (Å²) in [6.07, 6.45) is -0.200. The van der Waals surface area contributed by atoms with Gasteiger partial charge in [0.25, 0.3) is 0 Å². The number of aryl methyl sites for hydroxylation is 1. The number of nitrogens with zero attached hydrogens (tertiary/aromatic N) is 1. The monoisotopic (exact) mass is 393 g/mol. The number of ketones is 1. The zero-order chi connectivity index (χ0) is 20.8. The highest BCUT2D eigenvalue weighted by Crippen LogP contribution is 2.33. The Morgan fingerprint density at radius 2 is 1.45 bits per heavy atom. The minimum atomic E-state index is -1.01. The van der Waals surface area contributed by atoms with Gasteiger partial charge in [-0.2, -0.15) is 0 Å². The van der Waals surface area contributed by atoms with Crippen molar-refractivity contribution in [3.63, 3.8) is 0 Å². The highest BCUT2D eigenvalue weighted by Gasteiger charge is 2.18. The van der Waals surface area contributed by atoms with Gasteiger partial charge in [-0.3, -0.25) is 14.4 Å². The van der Waals surface area contributed by atoms with E-state index in [0.717, 1.165) is 5.56 Å². The standard InChI is InChI=1S/C22H19NO6/c24-17(10-12-19(25)26)14-6-8-15(9-7-14)21-22(16-4-2-1-3-5-16)29-18(23-21)11-13-20(27)28/h1-9H,10-13H2,(H,25,26)(H,27,28). The van der Waals surface area contributed by atoms with Gasteiger partial charge in [0.05, 0.1) is 12.8 Å². The predicted molar refractivity (Wildman–Crippen MR) is 105 cm³/mol. The number of rotatable bonds is 9. The highest BCUT2D eigenvalue weighted by atomic mass is 16.4. The van der Waals surface area contributed by atoms with E-state index in [9.17, 15) is 14.4 Å². The fourth-order valence-electron chi connectivity index (χ4n) is 2.84. The molecule has 3 aromatic rings. The van der Waals surface area contributed by atoms with Gasteiger partial charge in [0, 0.05) is 29.5 Å². The molecule has 0 aliphatic carbocycles. The Hall–Kier alpha value is -3.74. The molecule has 0 radical (unpaired) electrons. The van der Waals surface area contributed by atoms with Crippen LogP contribution in [0.5, 0.6) is 0 Å². The SMILES string of the molecule is O=C(O)CCC(=O)c1ccc(-c2nc(CCC(=O)O)oc2-c2ccccc2)cc1. The third-order valence-corrected chi connectivity index (χ3v) is 4.31. The Kier molecular flexibility index (Phi) is 6.19. The fourth-order valence-corrected chi connectivity index (χ4v) is 2.84. The first-order valence-corrected chi connectivity index (χ1v) is 9.06. The molecule has 0 fully saturated rings. The van der Waals surface area contributed by atoms with Crippen LogP contribution in [-0.2, 0) is 16.0 Å². The number of oxazole rings is 1. The van der Waals surface area contributed by atoms with E-state index in [1.54, 1.807) is 24.3 Å². The maximum atomic E-state index is 12.1. The molecule has 3 rings (SSSR count). The first-order valence-electron chi connectivity index (χ1n) is 9.06. The second kappa shape index (κ2) is 8.97. The van der Waals surface area contributed by atoms with Crippen LogP contribution in [0.4, 0.5) is 0 Å². The van der Waals surface area contributed by atoms with Crippen molar-refractivity contribution in [2.24, 2.45) is 0 Å². The number of Topliss-reactive ketones (excluding diaryl/α,β-unsaturated/α-hetero) is 1. The molecule has 0 aliphatic heterocycles. The quantitative estimate of drug-likeness (QED) is 0.526. The van der Waals surface area contributed by atoms with Gasteiger partial charge in [-0.1, -0.05) is 54.6 Å². The van der Waals surface area contributed by atoms with Crippen molar-refractivity contribution >= 4 is 17.7 Å². The van der Waals surface area contributed by atoms with Gasteiger partial charge in [0.1, 0.15) is 5.69 Å². The van der Waals surface area contributed by atoms with E-state index in [2.05, 4.69) is 4.98 Å². The molecule has 0 bridgehead atoms. The number of carboxylic acid groups (broad SMARTS) is 2. The van der Waals surface area contributed by atoms with Gasteiger partial charge in [-0.15, -0.1) is 0 Å². The number of hydrogen-bond acceptors (Lipinski definition) is 5. The lowest BCUT2D eigenvalue weighted by molar-refractivity contribution is -0.138. The van der Waals surface area contributed by atoms with Gasteiger partial charge < -0.3 is 14.6 Å². The second-order valence-corrected chi connectivity index (χ2v) is 6.44. The van der Waals surface area contributed by atoms with E-state index in [4.69, 9.17) is 14.6 Å². The van der Waals surface area contributed by atoms with Crippen LogP contribution in [0.2, 0.25) is 0 Å². The average Bonchev–Trinajstić information content (AvgIpc) is 3.15. The van der Waals surface area contributed by atoms with Crippen molar-refractivity contribution in [1.29, 1.82) is 0 Å². The number of carbonyl (C=O) groups is 3. The molecule has 0 spiro atoms. The smallest absolute Gasteiger partial charge is 0.303 e. The van der Waals surface area contributed by atoms with E-state index in [1.165, 1.54) is 0 Å². The average molecular weight is 393 g/mol. The Morgan fingerprint density at radius 3 is 2.07 bits per heavy atom. The summed E-state index contributed by atoms with van der Waals surface area (Å²) in [7, 11) is 0. The van der Waals surface area contributed by atoms with Crippen LogP contribution in [-0.4, -0.2) is 32.9 Å². The van der Waals surface area contributed by atoms with Gasteiger partial charge in [-0.25, -0.2) is 4.98 Å². The van der Waals surface area contributed by atoms with Crippen LogP contribution in [0.15, 0.2) is 59.0 Å². The van der Waals surface area contributed by atoms with Crippen LogP contribution in [0.3, 0.4) is 0 Å². The van der Waals surface area contributed by atoms with Crippen LogP contribution >= 0.6 is 0 Å². The molecule has 148 valence electrons. The maximum Gasteiger partial charge on any atom is 0.303 e. The van der Waals surface area contributed by atoms with Gasteiger partial charge in [0.15, 0.2) is 17.4 Å². The normalized spacial score (nSPS) is 10.6. The first kappa shape index (κ1) is 20.0. The summed E-state index contributed by atoms with van der Waals surface area (Å²) >= 11 is 0. The second-order valence-electron chi connectivity index (χ2n) is 6.44. The number of carboxylic acids is 2. The van der Waals surface area contributed by atoms with Crippen molar-refractivity contribution < 1.29 is 29.0 Å². The molecule has 0 saturated carbocycles. The molecular formula is C22H19NO6. The van der Waals surface area contributed by atoms with Gasteiger partial charge >= 0.3 is 11.9 Å². The zero-order valence-corrected chi connectivity index (χ0v) is 15.5. The van der Waals surface area contributed by atoms with Crippen molar-refractivity contribution in [2.45, 2.75) is 25.7 Å². The molecule has 0 atom stereocenters. The molecule has 7 nitrogen and oxygen atoms in total. The Bertz CT molecular complexity index is 1020. The zero-order valence-electron chi connectivity index (χ0n) is 15.5. The summed E-state index contributed by atoms with van der Waals surface area (Å²) in [6.45, 7) is 0. The van der Waals surface area contributed by atoms with E-state index < -0.39 is 11.9 Å². The van der Waals surface area contributed by atoms with Crippen LogP contribution in [0.25, 0.3) is 22.6 Å². The summed E-state index contributed by atoms with van der Waals surface area (Å²) in [5.74, 6) is -1.35. The van der Waals surface area contributed by atoms with Crippen LogP contribution in [0, 0.1) is 0 Å². The molecule has 0 aliphatic rings. The number of hydrogen-bond donors (Lipinski definition) is 2. The highest BCUT2D eigenvalue weighted by molar-refractivity contribution is 5.98. The predicted octanol–water partition coefficient (Wildman–Crippen LogP) is 4.07. The molecule has 1 aromatic heterocycles. The Morgan fingerprint density at radius 1 is 0.793 bits per heavy atom. The summed E-state index contributed by atoms with van der Waals surface area (Å²) in [4.78, 5) is 38.1. The molecule has 0 saturated heterocycles. The van der Waals surface area contributed by atoms with Crippen LogP contribution in [0.1, 0.15) is 35.5 Å². The van der Waals surface area contributed by atoms with E-state index in [1.807, 2.05) is 30.3 Å². The first-order chi connectivity index (χ1) is 13.9. The summed E-state index contributed by atoms with van der Waals surface area (Å²) in [5.41, 5.74) is 2.49. The number of benzene rings is 2. The van der Waals surface area contributed by atoms with E-state index in [-0.39, 0.29) is 31.5 Å². The molecular weight excluding hydrogens is 374 g/mol. The van der Waals surface area contributed by atoms with Gasteiger partial charge in [0.2, 0.25) is 0 Å². The number of aromatic nitrogens is 1. The lowest BCUT2D eigenvalue weighted by Gasteiger charge is -2.04. The van der Waals surface area contributed by atoms with E-state index >= 15 is 0 Å². The molecule has 2 N–H and O–H groups in total. The summed E-state index contributed by atoms with van der Waals surface area (Å²) in [5, 5.41) is 17.6. The lowest BCUT2D eigenvalue weighted by Crippen LogP contribution is -2.03. The number of carbonyl (C=O) groups excluding carboxylic acids is 1. The molecule has 1 heterocycles. The minimum absolute atomic E-state index is 0.0623.